The number of hydrogen-bond donors (Lipinski definition) is 1. The van der Waals surface area contributed by atoms with Crippen molar-refractivity contribution in [3.8, 4) is 0 Å². The van der Waals surface area contributed by atoms with Crippen LogP contribution in [-0.4, -0.2) is 25.8 Å². The first-order valence-corrected chi connectivity index (χ1v) is 7.74. The van der Waals surface area contributed by atoms with Crippen LogP contribution in [0.1, 0.15) is 13.8 Å². The highest BCUT2D eigenvalue weighted by Crippen LogP contribution is 2.26. The molecule has 0 bridgehead atoms. The lowest BCUT2D eigenvalue weighted by Crippen LogP contribution is -2.35. The lowest BCUT2D eigenvalue weighted by Gasteiger charge is -2.19. The number of halogens is 2. The van der Waals surface area contributed by atoms with Gasteiger partial charge in [-0.2, -0.15) is 12.7 Å². The Morgan fingerprint density at radius 2 is 1.94 bits per heavy atom. The van der Waals surface area contributed by atoms with Gasteiger partial charge in [-0.1, -0.05) is 25.4 Å². The summed E-state index contributed by atoms with van der Waals surface area (Å²) in [5, 5.41) is 0.538. The van der Waals surface area contributed by atoms with E-state index in [1.54, 1.807) is 32.0 Å². The fraction of sp³-hybridized carbons (Fsp3) is 0.400. The van der Waals surface area contributed by atoms with Gasteiger partial charge in [0, 0.05) is 17.6 Å². The van der Waals surface area contributed by atoms with Crippen LogP contribution in [0.25, 0.3) is 0 Å². The van der Waals surface area contributed by atoms with Crippen molar-refractivity contribution in [2.45, 2.75) is 13.8 Å². The molecule has 0 aliphatic heterocycles. The summed E-state index contributed by atoms with van der Waals surface area (Å²) >= 11 is 9.08. The quantitative estimate of drug-likeness (QED) is 0.894. The Morgan fingerprint density at radius 1 is 1.35 bits per heavy atom. The van der Waals surface area contributed by atoms with E-state index in [0.29, 0.717) is 28.3 Å². The number of rotatable bonds is 5. The average Bonchev–Trinajstić information content (AvgIpc) is 2.24. The monoisotopic (exact) mass is 340 g/mol. The van der Waals surface area contributed by atoms with E-state index in [9.17, 15) is 8.42 Å². The second-order valence-corrected chi connectivity index (χ2v) is 6.25. The molecule has 0 saturated heterocycles. The van der Waals surface area contributed by atoms with E-state index < -0.39 is 10.2 Å². The summed E-state index contributed by atoms with van der Waals surface area (Å²) in [4.78, 5) is 0. The lowest BCUT2D eigenvalue weighted by molar-refractivity contribution is 0.449. The Bertz CT molecular complexity index is 489. The Balaban J connectivity index is 2.94. The fourth-order valence-electron chi connectivity index (χ4n) is 1.34. The van der Waals surface area contributed by atoms with Gasteiger partial charge >= 0.3 is 10.2 Å². The molecule has 4 nitrogen and oxygen atoms in total. The third-order valence-corrected chi connectivity index (χ3v) is 5.12. The number of benzene rings is 1. The minimum absolute atomic E-state index is 0.431. The van der Waals surface area contributed by atoms with Gasteiger partial charge < -0.3 is 0 Å². The van der Waals surface area contributed by atoms with E-state index >= 15 is 0 Å². The minimum Gasteiger partial charge on any atom is -0.271 e. The maximum absolute atomic E-state index is 11.9. The molecule has 0 aliphatic rings. The first-order valence-electron chi connectivity index (χ1n) is 5.13. The van der Waals surface area contributed by atoms with Crippen LogP contribution in [0.2, 0.25) is 5.02 Å². The van der Waals surface area contributed by atoms with Gasteiger partial charge in [-0.05, 0) is 34.1 Å². The van der Waals surface area contributed by atoms with Gasteiger partial charge in [0.25, 0.3) is 0 Å². The molecule has 0 radical (unpaired) electrons. The van der Waals surface area contributed by atoms with E-state index in [2.05, 4.69) is 20.7 Å². The molecular weight excluding hydrogens is 328 g/mol. The minimum atomic E-state index is -3.49. The van der Waals surface area contributed by atoms with Crippen molar-refractivity contribution in [1.82, 2.24) is 4.31 Å². The summed E-state index contributed by atoms with van der Waals surface area (Å²) in [7, 11) is -3.49. The summed E-state index contributed by atoms with van der Waals surface area (Å²) < 4.78 is 28.3. The Labute approximate surface area is 115 Å². The molecule has 1 aromatic rings. The number of nitrogens with one attached hydrogen (secondary N) is 1. The van der Waals surface area contributed by atoms with E-state index in [4.69, 9.17) is 11.6 Å². The number of hydrogen-bond acceptors (Lipinski definition) is 2. The summed E-state index contributed by atoms with van der Waals surface area (Å²) in [6.07, 6.45) is 0. The van der Waals surface area contributed by atoms with Gasteiger partial charge in [-0.15, -0.1) is 0 Å². The van der Waals surface area contributed by atoms with Gasteiger partial charge in [0.1, 0.15) is 0 Å². The normalized spacial score (nSPS) is 11.8. The summed E-state index contributed by atoms with van der Waals surface area (Å²) in [6.45, 7) is 4.45. The van der Waals surface area contributed by atoms with Crippen LogP contribution in [0.5, 0.6) is 0 Å². The van der Waals surface area contributed by atoms with E-state index in [-0.39, 0.29) is 0 Å². The van der Waals surface area contributed by atoms with Crippen LogP contribution in [0.4, 0.5) is 5.69 Å². The van der Waals surface area contributed by atoms with Gasteiger partial charge in [-0.3, -0.25) is 4.72 Å². The van der Waals surface area contributed by atoms with Crippen molar-refractivity contribution in [2.24, 2.45) is 0 Å². The largest absolute Gasteiger partial charge is 0.301 e. The summed E-state index contributed by atoms with van der Waals surface area (Å²) in [5.41, 5.74) is 0.480. The molecule has 7 heteroatoms. The predicted molar refractivity (Wildman–Crippen MR) is 74.6 cm³/mol. The van der Waals surface area contributed by atoms with Gasteiger partial charge in [0.05, 0.1) is 10.7 Å². The summed E-state index contributed by atoms with van der Waals surface area (Å²) in [5.74, 6) is 0. The van der Waals surface area contributed by atoms with Crippen LogP contribution < -0.4 is 4.72 Å². The van der Waals surface area contributed by atoms with Crippen LogP contribution >= 0.6 is 27.5 Å². The standard InChI is InChI=1S/C10H14BrClN2O2S/c1-3-14(4-2)17(15,16)13-8-5-6-10(12)9(11)7-8/h5-7,13H,3-4H2,1-2H3. The Kier molecular flexibility index (Phi) is 5.24. The first kappa shape index (κ1) is 14.8. The fourth-order valence-corrected chi connectivity index (χ4v) is 3.07. The molecular formula is C10H14BrClN2O2S. The molecule has 17 heavy (non-hydrogen) atoms. The van der Waals surface area contributed by atoms with Gasteiger partial charge in [-0.25, -0.2) is 0 Å². The molecule has 0 saturated carbocycles. The highest BCUT2D eigenvalue weighted by Gasteiger charge is 2.18. The molecule has 1 aromatic carbocycles. The Morgan fingerprint density at radius 3 is 2.41 bits per heavy atom. The first-order chi connectivity index (χ1) is 7.90. The van der Waals surface area contributed by atoms with Crippen molar-refractivity contribution in [3.05, 3.63) is 27.7 Å². The molecule has 0 unspecified atom stereocenters. The molecule has 0 fully saturated rings. The van der Waals surface area contributed by atoms with Crippen molar-refractivity contribution >= 4 is 43.4 Å². The number of anilines is 1. The van der Waals surface area contributed by atoms with Gasteiger partial charge in [0.2, 0.25) is 0 Å². The molecule has 96 valence electrons. The van der Waals surface area contributed by atoms with E-state index in [1.807, 2.05) is 0 Å². The number of nitrogens with zero attached hydrogens (tertiary/aromatic N) is 1. The maximum atomic E-state index is 11.9. The average molecular weight is 342 g/mol. The molecule has 0 aliphatic carbocycles. The zero-order chi connectivity index (χ0) is 13.1. The molecule has 0 atom stereocenters. The van der Waals surface area contributed by atoms with E-state index in [0.717, 1.165) is 0 Å². The van der Waals surface area contributed by atoms with Crippen molar-refractivity contribution in [3.63, 3.8) is 0 Å². The lowest BCUT2D eigenvalue weighted by atomic mass is 10.3. The van der Waals surface area contributed by atoms with Gasteiger partial charge in [0.15, 0.2) is 0 Å². The second kappa shape index (κ2) is 6.04. The smallest absolute Gasteiger partial charge is 0.271 e. The SMILES string of the molecule is CCN(CC)S(=O)(=O)Nc1ccc(Cl)c(Br)c1. The van der Waals surface area contributed by atoms with Crippen molar-refractivity contribution in [1.29, 1.82) is 0 Å². The predicted octanol–water partition coefficient (Wildman–Crippen LogP) is 3.10. The third kappa shape index (κ3) is 3.84. The summed E-state index contributed by atoms with van der Waals surface area (Å²) in [6, 6.07) is 4.88. The highest BCUT2D eigenvalue weighted by molar-refractivity contribution is 9.10. The molecule has 0 amide bonds. The molecule has 0 heterocycles. The van der Waals surface area contributed by atoms with Crippen LogP contribution in [-0.2, 0) is 10.2 Å². The van der Waals surface area contributed by atoms with Crippen molar-refractivity contribution in [2.75, 3.05) is 17.8 Å². The zero-order valence-electron chi connectivity index (χ0n) is 9.57. The second-order valence-electron chi connectivity index (χ2n) is 3.32. The van der Waals surface area contributed by atoms with Crippen LogP contribution in [0.15, 0.2) is 22.7 Å². The topological polar surface area (TPSA) is 49.4 Å². The third-order valence-electron chi connectivity index (χ3n) is 2.21. The maximum Gasteiger partial charge on any atom is 0.301 e. The van der Waals surface area contributed by atoms with Crippen molar-refractivity contribution < 1.29 is 8.42 Å². The molecule has 0 spiro atoms. The Hall–Kier alpha value is -0.300. The zero-order valence-corrected chi connectivity index (χ0v) is 12.7. The highest BCUT2D eigenvalue weighted by atomic mass is 79.9. The van der Waals surface area contributed by atoms with Crippen LogP contribution in [0, 0.1) is 0 Å². The molecule has 1 rings (SSSR count). The molecule has 0 aromatic heterocycles. The van der Waals surface area contributed by atoms with E-state index in [1.165, 1.54) is 4.31 Å². The molecule has 1 N–H and O–H groups in total. The van der Waals surface area contributed by atoms with Crippen LogP contribution in [0.3, 0.4) is 0 Å².